The van der Waals surface area contributed by atoms with Gasteiger partial charge in [0.05, 0.1) is 23.1 Å². The summed E-state index contributed by atoms with van der Waals surface area (Å²) in [5, 5.41) is 0. The van der Waals surface area contributed by atoms with E-state index in [1.54, 1.807) is 12.3 Å². The maximum atomic E-state index is 12.6. The highest BCUT2D eigenvalue weighted by atomic mass is 16.2. The summed E-state index contributed by atoms with van der Waals surface area (Å²) in [4.78, 5) is 18.8. The molecule has 0 aliphatic carbocycles. The van der Waals surface area contributed by atoms with Crippen LogP contribution in [-0.2, 0) is 0 Å². The molecule has 0 aromatic carbocycles. The van der Waals surface area contributed by atoms with E-state index in [0.717, 1.165) is 37.5 Å². The van der Waals surface area contributed by atoms with Crippen molar-refractivity contribution in [1.82, 2.24) is 9.88 Å². The summed E-state index contributed by atoms with van der Waals surface area (Å²) in [7, 11) is 0. The van der Waals surface area contributed by atoms with Crippen molar-refractivity contribution in [3.63, 3.8) is 0 Å². The maximum absolute atomic E-state index is 12.6. The van der Waals surface area contributed by atoms with Gasteiger partial charge in [0.2, 0.25) is 0 Å². The largest absolute Gasteiger partial charge is 0.397 e. The van der Waals surface area contributed by atoms with Crippen LogP contribution in [0.1, 0.15) is 55.1 Å². The smallest absolute Gasteiger partial charge is 0.255 e. The Hall–Kier alpha value is -1.58. The van der Waals surface area contributed by atoms with E-state index in [2.05, 4.69) is 11.9 Å². The molecule has 2 heterocycles. The van der Waals surface area contributed by atoms with Crippen LogP contribution in [0.5, 0.6) is 0 Å². The zero-order chi connectivity index (χ0) is 14.5. The van der Waals surface area contributed by atoms with Crippen molar-refractivity contribution in [2.45, 2.75) is 46.0 Å². The van der Waals surface area contributed by atoms with Crippen LogP contribution < -0.4 is 5.73 Å². The second-order valence-corrected chi connectivity index (χ2v) is 5.78. The predicted octanol–water partition coefficient (Wildman–Crippen LogP) is 3.01. The van der Waals surface area contributed by atoms with E-state index in [1.807, 2.05) is 11.8 Å². The molecule has 1 aromatic heterocycles. The number of nitrogens with zero attached hydrogens (tertiary/aromatic N) is 2. The van der Waals surface area contributed by atoms with Gasteiger partial charge in [-0.25, -0.2) is 0 Å². The number of hydrogen-bond acceptors (Lipinski definition) is 3. The third-order valence-electron chi connectivity index (χ3n) is 4.17. The number of nitrogens with two attached hydrogens (primary N) is 1. The number of amides is 1. The van der Waals surface area contributed by atoms with Gasteiger partial charge in [0, 0.05) is 13.1 Å². The summed E-state index contributed by atoms with van der Waals surface area (Å²) in [5.41, 5.74) is 7.72. The number of carbonyl (C=O) groups excluding carboxylic acids is 1. The van der Waals surface area contributed by atoms with Gasteiger partial charge in [0.25, 0.3) is 5.91 Å². The molecule has 1 unspecified atom stereocenters. The summed E-state index contributed by atoms with van der Waals surface area (Å²) >= 11 is 0. The molecule has 0 saturated carbocycles. The van der Waals surface area contributed by atoms with Crippen molar-refractivity contribution in [1.29, 1.82) is 0 Å². The van der Waals surface area contributed by atoms with Crippen molar-refractivity contribution in [2.24, 2.45) is 5.92 Å². The Morgan fingerprint density at radius 3 is 3.00 bits per heavy atom. The summed E-state index contributed by atoms with van der Waals surface area (Å²) in [5.74, 6) is 0.859. The third-order valence-corrected chi connectivity index (χ3v) is 4.17. The first-order chi connectivity index (χ1) is 9.61. The number of anilines is 1. The lowest BCUT2D eigenvalue weighted by molar-refractivity contribution is 0.0758. The van der Waals surface area contributed by atoms with E-state index < -0.39 is 0 Å². The molecular formula is C16H25N3O. The van der Waals surface area contributed by atoms with E-state index in [4.69, 9.17) is 5.73 Å². The molecule has 1 fully saturated rings. The van der Waals surface area contributed by atoms with E-state index in [9.17, 15) is 4.79 Å². The fraction of sp³-hybridized carbons (Fsp3) is 0.625. The summed E-state index contributed by atoms with van der Waals surface area (Å²) in [6.07, 6.45) is 7.58. The molecule has 1 aliphatic rings. The minimum Gasteiger partial charge on any atom is -0.397 e. The molecular weight excluding hydrogens is 250 g/mol. The Labute approximate surface area is 121 Å². The Morgan fingerprint density at radius 1 is 1.45 bits per heavy atom. The van der Waals surface area contributed by atoms with Crippen LogP contribution in [0.2, 0.25) is 0 Å². The van der Waals surface area contributed by atoms with Gasteiger partial charge in [0.1, 0.15) is 0 Å². The zero-order valence-corrected chi connectivity index (χ0v) is 12.6. The molecule has 20 heavy (non-hydrogen) atoms. The predicted molar refractivity (Wildman–Crippen MR) is 81.5 cm³/mol. The van der Waals surface area contributed by atoms with Crippen LogP contribution in [-0.4, -0.2) is 28.9 Å². The molecule has 0 radical (unpaired) electrons. The van der Waals surface area contributed by atoms with Crippen molar-refractivity contribution in [3.8, 4) is 0 Å². The Balaban J connectivity index is 2.07. The van der Waals surface area contributed by atoms with E-state index in [-0.39, 0.29) is 5.91 Å². The lowest BCUT2D eigenvalue weighted by Crippen LogP contribution is -2.32. The zero-order valence-electron chi connectivity index (χ0n) is 12.6. The first kappa shape index (κ1) is 14.8. The highest BCUT2D eigenvalue weighted by Gasteiger charge is 2.22. The maximum Gasteiger partial charge on any atom is 0.255 e. The molecule has 2 N–H and O–H groups in total. The monoisotopic (exact) mass is 275 g/mol. The lowest BCUT2D eigenvalue weighted by atomic mass is 9.96. The van der Waals surface area contributed by atoms with E-state index >= 15 is 0 Å². The van der Waals surface area contributed by atoms with Gasteiger partial charge in [-0.1, -0.05) is 19.8 Å². The molecule has 1 aliphatic heterocycles. The van der Waals surface area contributed by atoms with Crippen molar-refractivity contribution >= 4 is 11.6 Å². The molecule has 0 spiro atoms. The number of aryl methyl sites for hydroxylation is 1. The van der Waals surface area contributed by atoms with Crippen LogP contribution in [0, 0.1) is 12.8 Å². The molecule has 1 saturated heterocycles. The number of pyridine rings is 1. The van der Waals surface area contributed by atoms with Crippen molar-refractivity contribution in [2.75, 3.05) is 18.8 Å². The first-order valence-electron chi connectivity index (χ1n) is 7.63. The van der Waals surface area contributed by atoms with Gasteiger partial charge in [-0.3, -0.25) is 9.78 Å². The summed E-state index contributed by atoms with van der Waals surface area (Å²) in [6.45, 7) is 5.81. The normalized spacial score (nSPS) is 19.7. The number of carbonyl (C=O) groups is 1. The van der Waals surface area contributed by atoms with Crippen molar-refractivity contribution < 1.29 is 4.79 Å². The Morgan fingerprint density at radius 2 is 2.25 bits per heavy atom. The minimum atomic E-state index is 0.0828. The number of hydrogen-bond donors (Lipinski definition) is 1. The highest BCUT2D eigenvalue weighted by molar-refractivity contribution is 5.96. The number of aromatic nitrogens is 1. The highest BCUT2D eigenvalue weighted by Crippen LogP contribution is 2.23. The molecule has 1 aromatic rings. The second-order valence-electron chi connectivity index (χ2n) is 5.78. The SMILES string of the molecule is CCCC1CCCN(C(=O)c2cc(N)cnc2C)CC1. The van der Waals surface area contributed by atoms with E-state index in [1.165, 1.54) is 19.3 Å². The molecule has 1 atom stereocenters. The molecule has 1 amide bonds. The van der Waals surface area contributed by atoms with Crippen LogP contribution in [0.3, 0.4) is 0 Å². The average molecular weight is 275 g/mol. The Kier molecular flexibility index (Phi) is 4.99. The minimum absolute atomic E-state index is 0.0828. The van der Waals surface area contributed by atoms with Gasteiger partial charge in [-0.2, -0.15) is 0 Å². The van der Waals surface area contributed by atoms with Crippen molar-refractivity contribution in [3.05, 3.63) is 23.5 Å². The van der Waals surface area contributed by atoms with Gasteiger partial charge < -0.3 is 10.6 Å². The molecule has 0 bridgehead atoms. The molecule has 4 nitrogen and oxygen atoms in total. The average Bonchev–Trinajstić information content (AvgIpc) is 2.67. The molecule has 4 heteroatoms. The third kappa shape index (κ3) is 3.50. The van der Waals surface area contributed by atoms with Crippen LogP contribution in [0.25, 0.3) is 0 Å². The summed E-state index contributed by atoms with van der Waals surface area (Å²) < 4.78 is 0. The van der Waals surface area contributed by atoms with Gasteiger partial charge in [-0.15, -0.1) is 0 Å². The topological polar surface area (TPSA) is 59.2 Å². The second kappa shape index (κ2) is 6.73. The number of rotatable bonds is 3. The van der Waals surface area contributed by atoms with Gasteiger partial charge in [0.15, 0.2) is 0 Å². The van der Waals surface area contributed by atoms with Gasteiger partial charge >= 0.3 is 0 Å². The first-order valence-corrected chi connectivity index (χ1v) is 7.63. The standard InChI is InChI=1S/C16H25N3O/c1-3-5-13-6-4-8-19(9-7-13)16(20)15-10-14(17)11-18-12(15)2/h10-11,13H,3-9,17H2,1-2H3. The van der Waals surface area contributed by atoms with E-state index in [0.29, 0.717) is 11.3 Å². The molecule has 2 rings (SSSR count). The number of likely N-dealkylation sites (tertiary alicyclic amines) is 1. The van der Waals surface area contributed by atoms with Crippen LogP contribution in [0.4, 0.5) is 5.69 Å². The molecule has 110 valence electrons. The summed E-state index contributed by atoms with van der Waals surface area (Å²) in [6, 6.07) is 1.75. The Bertz CT molecular complexity index is 473. The fourth-order valence-corrected chi connectivity index (χ4v) is 3.00. The van der Waals surface area contributed by atoms with Gasteiger partial charge in [-0.05, 0) is 38.2 Å². The lowest BCUT2D eigenvalue weighted by Gasteiger charge is -2.21. The van der Waals surface area contributed by atoms with Crippen LogP contribution >= 0.6 is 0 Å². The number of nitrogen functional groups attached to an aromatic ring is 1. The van der Waals surface area contributed by atoms with Crippen LogP contribution in [0.15, 0.2) is 12.3 Å². The fourth-order valence-electron chi connectivity index (χ4n) is 3.00. The quantitative estimate of drug-likeness (QED) is 0.922.